The van der Waals surface area contributed by atoms with Gasteiger partial charge in [-0.3, -0.25) is 14.2 Å². The van der Waals surface area contributed by atoms with Gasteiger partial charge < -0.3 is 5.32 Å². The second-order valence-electron chi connectivity index (χ2n) is 9.23. The molecule has 192 valence electrons. The lowest BCUT2D eigenvalue weighted by Crippen LogP contribution is -2.33. The zero-order chi connectivity index (χ0) is 26.5. The van der Waals surface area contributed by atoms with Crippen molar-refractivity contribution in [2.45, 2.75) is 51.7 Å². The third-order valence-corrected chi connectivity index (χ3v) is 8.13. The number of amides is 1. The van der Waals surface area contributed by atoms with Crippen molar-refractivity contribution in [3.8, 4) is 11.4 Å². The van der Waals surface area contributed by atoms with E-state index >= 15 is 0 Å². The molecule has 0 fully saturated rings. The first-order valence-electron chi connectivity index (χ1n) is 11.9. The van der Waals surface area contributed by atoms with Crippen LogP contribution in [0.2, 0.25) is 5.02 Å². The van der Waals surface area contributed by atoms with Crippen molar-refractivity contribution in [3.63, 3.8) is 0 Å². The van der Waals surface area contributed by atoms with E-state index in [9.17, 15) is 22.8 Å². The first-order chi connectivity index (χ1) is 17.5. The third kappa shape index (κ3) is 4.78. The predicted octanol–water partition coefficient (Wildman–Crippen LogP) is 7.18. The Kier molecular flexibility index (Phi) is 6.62. The minimum atomic E-state index is -4.60. The van der Waals surface area contributed by atoms with E-state index in [2.05, 4.69) is 5.32 Å². The Morgan fingerprint density at radius 2 is 1.92 bits per heavy atom. The molecule has 0 bridgehead atoms. The molecule has 1 unspecified atom stereocenters. The van der Waals surface area contributed by atoms with E-state index in [1.54, 1.807) is 0 Å². The quantitative estimate of drug-likeness (QED) is 0.295. The first kappa shape index (κ1) is 25.5. The summed E-state index contributed by atoms with van der Waals surface area (Å²) in [5, 5.41) is 2.97. The number of aryl methyl sites for hydroxylation is 3. The minimum absolute atomic E-state index is 0.0414. The van der Waals surface area contributed by atoms with Crippen LogP contribution in [-0.4, -0.2) is 15.5 Å². The molecule has 0 saturated heterocycles. The fraction of sp³-hybridized carbons (Fsp3) is 0.296. The average Bonchev–Trinajstić information content (AvgIpc) is 3.23. The number of thiophene rings is 1. The Hall–Kier alpha value is -3.17. The first-order valence-corrected chi connectivity index (χ1v) is 13.1. The van der Waals surface area contributed by atoms with Crippen LogP contribution in [0.4, 0.5) is 18.9 Å². The minimum Gasteiger partial charge on any atom is -0.323 e. The molecule has 2 aromatic carbocycles. The second kappa shape index (κ2) is 9.61. The maximum atomic E-state index is 14.0. The van der Waals surface area contributed by atoms with Crippen LogP contribution in [0.3, 0.4) is 0 Å². The molecule has 1 aliphatic rings. The number of benzene rings is 2. The molecular formula is C27H23ClF3N3O2S. The van der Waals surface area contributed by atoms with E-state index in [1.807, 2.05) is 31.2 Å². The molecule has 10 heteroatoms. The van der Waals surface area contributed by atoms with Gasteiger partial charge in [-0.15, -0.1) is 11.3 Å². The molecule has 1 aliphatic carbocycles. The molecule has 5 nitrogen and oxygen atoms in total. The molecule has 1 N–H and O–H groups in total. The summed E-state index contributed by atoms with van der Waals surface area (Å²) in [6, 6.07) is 9.10. The van der Waals surface area contributed by atoms with Crippen molar-refractivity contribution in [1.29, 1.82) is 0 Å². The molecule has 0 spiro atoms. The smallest absolute Gasteiger partial charge is 0.323 e. The number of hydrogen-bond donors (Lipinski definition) is 1. The van der Waals surface area contributed by atoms with E-state index in [0.717, 1.165) is 59.9 Å². The molecular weight excluding hydrogens is 523 g/mol. The largest absolute Gasteiger partial charge is 0.416 e. The van der Waals surface area contributed by atoms with Crippen LogP contribution < -0.4 is 10.9 Å². The number of carbonyl (C=O) groups excluding carboxylic acids is 1. The molecule has 0 saturated carbocycles. The number of halogens is 4. The highest BCUT2D eigenvalue weighted by Gasteiger charge is 2.32. The number of carbonyl (C=O) groups is 1. The summed E-state index contributed by atoms with van der Waals surface area (Å²) in [5.41, 5.74) is 1.16. The SMILES string of the molecule is Cc1cccc(-c2nc3sc4c(c3c(=O)n2C(C)C(=O)Nc2cc(C(F)(F)F)ccc2Cl)CCCC4)c1. The molecule has 0 aliphatic heterocycles. The number of fused-ring (bicyclic) bond motifs is 3. The summed E-state index contributed by atoms with van der Waals surface area (Å²) < 4.78 is 41.0. The number of rotatable bonds is 4. The van der Waals surface area contributed by atoms with Crippen LogP contribution in [-0.2, 0) is 23.8 Å². The molecule has 1 atom stereocenters. The lowest BCUT2D eigenvalue weighted by atomic mass is 9.97. The Labute approximate surface area is 219 Å². The van der Waals surface area contributed by atoms with Gasteiger partial charge in [-0.25, -0.2) is 4.98 Å². The lowest BCUT2D eigenvalue weighted by Gasteiger charge is -2.20. The van der Waals surface area contributed by atoms with Crippen LogP contribution in [0.1, 0.15) is 47.4 Å². The Morgan fingerprint density at radius 3 is 2.65 bits per heavy atom. The maximum absolute atomic E-state index is 14.0. The third-order valence-electron chi connectivity index (χ3n) is 6.62. The number of anilines is 1. The van der Waals surface area contributed by atoms with Gasteiger partial charge in [0.05, 0.1) is 21.7 Å². The fourth-order valence-corrected chi connectivity index (χ4v) is 6.13. The van der Waals surface area contributed by atoms with Crippen molar-refractivity contribution >= 4 is 44.7 Å². The summed E-state index contributed by atoms with van der Waals surface area (Å²) in [6.45, 7) is 3.45. The molecule has 2 heterocycles. The number of aromatic nitrogens is 2. The molecule has 4 aromatic rings. The van der Waals surface area contributed by atoms with Gasteiger partial charge in [-0.2, -0.15) is 13.2 Å². The predicted molar refractivity (Wildman–Crippen MR) is 140 cm³/mol. The topological polar surface area (TPSA) is 64.0 Å². The van der Waals surface area contributed by atoms with Crippen molar-refractivity contribution in [2.24, 2.45) is 0 Å². The molecule has 5 rings (SSSR count). The van der Waals surface area contributed by atoms with Crippen molar-refractivity contribution in [2.75, 3.05) is 5.32 Å². The number of hydrogen-bond acceptors (Lipinski definition) is 4. The van der Waals surface area contributed by atoms with Gasteiger partial charge in [0.1, 0.15) is 16.7 Å². The highest BCUT2D eigenvalue weighted by Crippen LogP contribution is 2.36. The van der Waals surface area contributed by atoms with E-state index in [4.69, 9.17) is 16.6 Å². The summed E-state index contributed by atoms with van der Waals surface area (Å²) in [4.78, 5) is 34.0. The summed E-state index contributed by atoms with van der Waals surface area (Å²) in [7, 11) is 0. The van der Waals surface area contributed by atoms with Gasteiger partial charge in [0.15, 0.2) is 0 Å². The zero-order valence-electron chi connectivity index (χ0n) is 20.1. The van der Waals surface area contributed by atoms with Crippen molar-refractivity contribution in [3.05, 3.63) is 79.4 Å². The van der Waals surface area contributed by atoms with Gasteiger partial charge in [-0.1, -0.05) is 35.4 Å². The van der Waals surface area contributed by atoms with Crippen LogP contribution in [0.15, 0.2) is 47.3 Å². The Balaban J connectivity index is 1.64. The normalized spacial score (nSPS) is 14.4. The van der Waals surface area contributed by atoms with Gasteiger partial charge in [0.25, 0.3) is 5.56 Å². The van der Waals surface area contributed by atoms with Crippen LogP contribution in [0.25, 0.3) is 21.6 Å². The number of nitrogens with zero attached hydrogens (tertiary/aromatic N) is 2. The molecule has 37 heavy (non-hydrogen) atoms. The van der Waals surface area contributed by atoms with Gasteiger partial charge in [0, 0.05) is 10.4 Å². The number of alkyl halides is 3. The van der Waals surface area contributed by atoms with Gasteiger partial charge >= 0.3 is 6.18 Å². The molecule has 0 radical (unpaired) electrons. The Morgan fingerprint density at radius 1 is 1.16 bits per heavy atom. The summed E-state index contributed by atoms with van der Waals surface area (Å²) in [6.07, 6.45) is -0.911. The van der Waals surface area contributed by atoms with Crippen molar-refractivity contribution in [1.82, 2.24) is 9.55 Å². The molecule has 1 amide bonds. The summed E-state index contributed by atoms with van der Waals surface area (Å²) >= 11 is 7.61. The van der Waals surface area contributed by atoms with E-state index in [1.165, 1.54) is 22.8 Å². The highest BCUT2D eigenvalue weighted by atomic mass is 35.5. The van der Waals surface area contributed by atoms with E-state index in [-0.39, 0.29) is 16.3 Å². The van der Waals surface area contributed by atoms with Gasteiger partial charge in [0.2, 0.25) is 5.91 Å². The van der Waals surface area contributed by atoms with Crippen LogP contribution >= 0.6 is 22.9 Å². The maximum Gasteiger partial charge on any atom is 0.416 e. The Bertz CT molecular complexity index is 1590. The average molecular weight is 546 g/mol. The molecule has 2 aromatic heterocycles. The van der Waals surface area contributed by atoms with E-state index < -0.39 is 23.7 Å². The van der Waals surface area contributed by atoms with Crippen molar-refractivity contribution < 1.29 is 18.0 Å². The highest BCUT2D eigenvalue weighted by molar-refractivity contribution is 7.18. The number of nitrogens with one attached hydrogen (secondary N) is 1. The zero-order valence-corrected chi connectivity index (χ0v) is 21.7. The van der Waals surface area contributed by atoms with Crippen LogP contribution in [0, 0.1) is 6.92 Å². The lowest BCUT2D eigenvalue weighted by molar-refractivity contribution is -0.137. The monoisotopic (exact) mass is 545 g/mol. The summed E-state index contributed by atoms with van der Waals surface area (Å²) in [5.74, 6) is -0.347. The van der Waals surface area contributed by atoms with Crippen LogP contribution in [0.5, 0.6) is 0 Å². The van der Waals surface area contributed by atoms with Gasteiger partial charge in [-0.05, 0) is 69.4 Å². The standard InChI is InChI=1S/C27H23ClF3N3O2S/c1-14-6-5-7-16(12-14)23-33-25-22(18-8-3-4-9-21(18)37-25)26(36)34(23)15(2)24(35)32-20-13-17(27(29,30)31)10-11-19(20)28/h5-7,10-13,15H,3-4,8-9H2,1-2H3,(H,32,35). The van der Waals surface area contributed by atoms with E-state index in [0.29, 0.717) is 21.6 Å². The second-order valence-corrected chi connectivity index (χ2v) is 10.7. The fourth-order valence-electron chi connectivity index (χ4n) is 4.72.